The molecular formula is C12H16BrNO4S2. The summed E-state index contributed by atoms with van der Waals surface area (Å²) in [4.78, 5) is 10.9. The van der Waals surface area contributed by atoms with E-state index in [0.29, 0.717) is 9.70 Å². The van der Waals surface area contributed by atoms with Gasteiger partial charge in [-0.05, 0) is 53.6 Å². The number of rotatable bonds is 4. The third kappa shape index (κ3) is 3.60. The van der Waals surface area contributed by atoms with E-state index in [2.05, 4.69) is 27.6 Å². The zero-order valence-electron chi connectivity index (χ0n) is 10.9. The van der Waals surface area contributed by atoms with Crippen LogP contribution in [0.25, 0.3) is 0 Å². The lowest BCUT2D eigenvalue weighted by atomic mass is 9.88. The Morgan fingerprint density at radius 2 is 2.00 bits per heavy atom. The fraction of sp³-hybridized carbons (Fsp3) is 0.583. The van der Waals surface area contributed by atoms with Crippen LogP contribution in [0, 0.1) is 5.92 Å². The smallest absolute Gasteiger partial charge is 0.345 e. The molecular weight excluding hydrogens is 366 g/mol. The molecule has 1 aromatic rings. The second kappa shape index (κ2) is 6.13. The molecule has 0 amide bonds. The number of nitrogens with one attached hydrogen (secondary N) is 1. The zero-order valence-corrected chi connectivity index (χ0v) is 14.1. The summed E-state index contributed by atoms with van der Waals surface area (Å²) in [5.74, 6) is -0.481. The van der Waals surface area contributed by atoms with Gasteiger partial charge < -0.3 is 5.11 Å². The summed E-state index contributed by atoms with van der Waals surface area (Å²) in [6.45, 7) is 2.17. The molecule has 5 nitrogen and oxygen atoms in total. The predicted octanol–water partition coefficient (Wildman–Crippen LogP) is 3.07. The molecule has 0 bridgehead atoms. The number of carbonyl (C=O) groups is 1. The monoisotopic (exact) mass is 381 g/mol. The van der Waals surface area contributed by atoms with E-state index in [1.807, 2.05) is 0 Å². The van der Waals surface area contributed by atoms with Crippen LogP contribution in [0.3, 0.4) is 0 Å². The Kier molecular flexibility index (Phi) is 4.88. The average molecular weight is 382 g/mol. The van der Waals surface area contributed by atoms with Gasteiger partial charge >= 0.3 is 5.97 Å². The van der Waals surface area contributed by atoms with E-state index in [1.54, 1.807) is 0 Å². The highest BCUT2D eigenvalue weighted by Crippen LogP contribution is 2.32. The largest absolute Gasteiger partial charge is 0.477 e. The minimum Gasteiger partial charge on any atom is -0.477 e. The van der Waals surface area contributed by atoms with Gasteiger partial charge in [0.1, 0.15) is 9.77 Å². The maximum Gasteiger partial charge on any atom is 0.345 e. The van der Waals surface area contributed by atoms with E-state index in [9.17, 15) is 13.2 Å². The lowest BCUT2D eigenvalue weighted by Gasteiger charge is -2.26. The second-order valence-electron chi connectivity index (χ2n) is 5.13. The first kappa shape index (κ1) is 15.9. The maximum atomic E-state index is 12.3. The first-order valence-electron chi connectivity index (χ1n) is 6.34. The number of carboxylic acid groups (broad SMARTS) is 1. The van der Waals surface area contributed by atoms with Gasteiger partial charge in [0, 0.05) is 6.04 Å². The Morgan fingerprint density at radius 3 is 2.50 bits per heavy atom. The summed E-state index contributed by atoms with van der Waals surface area (Å²) in [6.07, 6.45) is 3.68. The van der Waals surface area contributed by atoms with Crippen molar-refractivity contribution in [3.05, 3.63) is 14.7 Å². The molecule has 0 atom stereocenters. The summed E-state index contributed by atoms with van der Waals surface area (Å²) in [6, 6.07) is 1.14. The first-order chi connectivity index (χ1) is 9.29. The van der Waals surface area contributed by atoms with Crippen molar-refractivity contribution >= 4 is 43.3 Å². The quantitative estimate of drug-likeness (QED) is 0.839. The Morgan fingerprint density at radius 1 is 1.40 bits per heavy atom. The van der Waals surface area contributed by atoms with Gasteiger partial charge in [-0.25, -0.2) is 17.9 Å². The Balaban J connectivity index is 2.16. The molecule has 1 aliphatic carbocycles. The predicted molar refractivity (Wildman–Crippen MR) is 80.7 cm³/mol. The molecule has 1 heterocycles. The van der Waals surface area contributed by atoms with Gasteiger partial charge in [-0.3, -0.25) is 0 Å². The molecule has 1 aliphatic rings. The van der Waals surface area contributed by atoms with Crippen molar-refractivity contribution in [3.8, 4) is 0 Å². The molecule has 0 radical (unpaired) electrons. The molecule has 0 aliphatic heterocycles. The van der Waals surface area contributed by atoms with Crippen molar-refractivity contribution in [2.24, 2.45) is 5.92 Å². The van der Waals surface area contributed by atoms with E-state index in [1.165, 1.54) is 6.07 Å². The highest BCUT2D eigenvalue weighted by atomic mass is 79.9. The standard InChI is InChI=1S/C12H16BrNO4S2/c1-7-2-4-8(5-3-7)14-20(17,18)10-6-9(12(15)16)19-11(10)13/h6-8,14H,2-5H2,1H3,(H,15,16). The van der Waals surface area contributed by atoms with E-state index in [-0.39, 0.29) is 15.8 Å². The topological polar surface area (TPSA) is 83.5 Å². The number of thiophene rings is 1. The van der Waals surface area contributed by atoms with Crippen LogP contribution in [-0.2, 0) is 10.0 Å². The van der Waals surface area contributed by atoms with Gasteiger partial charge in [-0.15, -0.1) is 11.3 Å². The Hall–Kier alpha value is -0.440. The molecule has 2 rings (SSSR count). The first-order valence-corrected chi connectivity index (χ1v) is 9.44. The van der Waals surface area contributed by atoms with Gasteiger partial charge in [-0.2, -0.15) is 0 Å². The summed E-state index contributed by atoms with van der Waals surface area (Å²) in [7, 11) is -3.67. The van der Waals surface area contributed by atoms with E-state index in [0.717, 1.165) is 37.0 Å². The highest BCUT2D eigenvalue weighted by molar-refractivity contribution is 9.11. The summed E-state index contributed by atoms with van der Waals surface area (Å²) in [5, 5.41) is 8.91. The summed E-state index contributed by atoms with van der Waals surface area (Å²) in [5.41, 5.74) is 0. The molecule has 2 N–H and O–H groups in total. The van der Waals surface area contributed by atoms with Crippen molar-refractivity contribution in [2.45, 2.75) is 43.5 Å². The zero-order chi connectivity index (χ0) is 14.9. The van der Waals surface area contributed by atoms with Gasteiger partial charge in [0.2, 0.25) is 10.0 Å². The number of hydrogen-bond acceptors (Lipinski definition) is 4. The summed E-state index contributed by atoms with van der Waals surface area (Å²) >= 11 is 4.04. The minimum absolute atomic E-state index is 0.00881. The number of hydrogen-bond donors (Lipinski definition) is 2. The third-order valence-corrected chi connectivity index (χ3v) is 7.25. The fourth-order valence-corrected chi connectivity index (χ4v) is 6.01. The van der Waals surface area contributed by atoms with Crippen molar-refractivity contribution in [3.63, 3.8) is 0 Å². The number of aromatic carboxylic acids is 1. The molecule has 1 saturated carbocycles. The van der Waals surface area contributed by atoms with Crippen molar-refractivity contribution in [1.29, 1.82) is 0 Å². The molecule has 0 saturated heterocycles. The van der Waals surface area contributed by atoms with Crippen molar-refractivity contribution < 1.29 is 18.3 Å². The number of carboxylic acids is 1. The number of sulfonamides is 1. The lowest BCUT2D eigenvalue weighted by Crippen LogP contribution is -2.37. The van der Waals surface area contributed by atoms with Gasteiger partial charge in [0.25, 0.3) is 0 Å². The van der Waals surface area contributed by atoms with Crippen LogP contribution in [0.1, 0.15) is 42.3 Å². The summed E-state index contributed by atoms with van der Waals surface area (Å²) < 4.78 is 27.6. The number of halogens is 1. The van der Waals surface area contributed by atoms with Crippen LogP contribution in [0.2, 0.25) is 0 Å². The SMILES string of the molecule is CC1CCC(NS(=O)(=O)c2cc(C(=O)O)sc2Br)CC1. The van der Waals surface area contributed by atoms with E-state index >= 15 is 0 Å². The molecule has 1 aromatic heterocycles. The molecule has 20 heavy (non-hydrogen) atoms. The fourth-order valence-electron chi connectivity index (χ4n) is 2.30. The van der Waals surface area contributed by atoms with Crippen LogP contribution in [0.4, 0.5) is 0 Å². The van der Waals surface area contributed by atoms with Crippen LogP contribution < -0.4 is 4.72 Å². The Bertz CT molecular complexity index is 603. The molecule has 0 spiro atoms. The Labute approximate surface area is 130 Å². The van der Waals surface area contributed by atoms with Crippen LogP contribution in [0.5, 0.6) is 0 Å². The molecule has 112 valence electrons. The van der Waals surface area contributed by atoms with E-state index < -0.39 is 16.0 Å². The molecule has 0 unspecified atom stereocenters. The minimum atomic E-state index is -3.67. The van der Waals surface area contributed by atoms with Crippen LogP contribution >= 0.6 is 27.3 Å². The van der Waals surface area contributed by atoms with Gasteiger partial charge in [0.05, 0.1) is 3.79 Å². The van der Waals surface area contributed by atoms with Crippen LogP contribution in [0.15, 0.2) is 14.7 Å². The maximum absolute atomic E-state index is 12.3. The van der Waals surface area contributed by atoms with E-state index in [4.69, 9.17) is 5.11 Å². The third-order valence-electron chi connectivity index (χ3n) is 3.49. The van der Waals surface area contributed by atoms with Gasteiger partial charge in [-0.1, -0.05) is 6.92 Å². The highest BCUT2D eigenvalue weighted by Gasteiger charge is 2.27. The van der Waals surface area contributed by atoms with Gasteiger partial charge in [0.15, 0.2) is 0 Å². The molecule has 1 fully saturated rings. The normalized spacial score (nSPS) is 23.7. The second-order valence-corrected chi connectivity index (χ2v) is 9.18. The van der Waals surface area contributed by atoms with Crippen molar-refractivity contribution in [2.75, 3.05) is 0 Å². The average Bonchev–Trinajstić information content (AvgIpc) is 2.75. The lowest BCUT2D eigenvalue weighted by molar-refractivity contribution is 0.0702. The molecule has 8 heteroatoms. The van der Waals surface area contributed by atoms with Crippen molar-refractivity contribution in [1.82, 2.24) is 4.72 Å². The molecule has 0 aromatic carbocycles. The van der Waals surface area contributed by atoms with Crippen LogP contribution in [-0.4, -0.2) is 25.5 Å².